The molecule has 6 heteroatoms. The third-order valence-corrected chi connectivity index (χ3v) is 3.50. The van der Waals surface area contributed by atoms with Crippen LogP contribution in [0.4, 0.5) is 26.3 Å². The maximum Gasteiger partial charge on any atom is 0.417 e. The van der Waals surface area contributed by atoms with E-state index in [-0.39, 0.29) is 10.8 Å². The molecule has 0 saturated carbocycles. The number of hydrogen-bond acceptors (Lipinski definition) is 0. The Morgan fingerprint density at radius 2 is 0.727 bits per heavy atom. The van der Waals surface area contributed by atoms with Crippen molar-refractivity contribution in [1.82, 2.24) is 0 Å². The first-order chi connectivity index (χ1) is 10.2. The van der Waals surface area contributed by atoms with Gasteiger partial charge in [0, 0.05) is 0 Å². The van der Waals surface area contributed by atoms with Gasteiger partial charge in [0.2, 0.25) is 0 Å². The number of hydrogen-bond donors (Lipinski definition) is 0. The normalized spacial score (nSPS) is 13.0. The van der Waals surface area contributed by atoms with Crippen LogP contribution in [0.25, 0.3) is 21.5 Å². The summed E-state index contributed by atoms with van der Waals surface area (Å²) in [4.78, 5) is 0. The van der Waals surface area contributed by atoms with Gasteiger partial charge in [-0.25, -0.2) is 0 Å². The molecule has 3 aromatic carbocycles. The highest BCUT2D eigenvalue weighted by atomic mass is 19.4. The molecule has 0 aliphatic carbocycles. The highest BCUT2D eigenvalue weighted by Gasteiger charge is 2.45. The SMILES string of the molecule is FC(F)(F)c1c(C(F)(F)F)c2ccccc2c2ccccc12. The molecular formula is C16H8F6. The standard InChI is InChI=1S/C16H8F6/c17-15(18,19)13-11-7-3-1-5-9(11)10-6-2-4-8-12(10)14(13)16(20,21)22/h1-8H. The van der Waals surface area contributed by atoms with E-state index >= 15 is 0 Å². The van der Waals surface area contributed by atoms with Crippen LogP contribution in [0.5, 0.6) is 0 Å². The highest BCUT2D eigenvalue weighted by molar-refractivity contribution is 6.11. The fraction of sp³-hybridized carbons (Fsp3) is 0.125. The van der Waals surface area contributed by atoms with Gasteiger partial charge in [-0.1, -0.05) is 48.5 Å². The summed E-state index contributed by atoms with van der Waals surface area (Å²) in [5.41, 5.74) is -3.26. The Hall–Kier alpha value is -2.24. The van der Waals surface area contributed by atoms with Gasteiger partial charge in [0.25, 0.3) is 0 Å². The Morgan fingerprint density at radius 3 is 1.00 bits per heavy atom. The van der Waals surface area contributed by atoms with E-state index in [2.05, 4.69) is 0 Å². The van der Waals surface area contributed by atoms with Crippen molar-refractivity contribution in [2.45, 2.75) is 12.4 Å². The number of rotatable bonds is 0. The van der Waals surface area contributed by atoms with Crippen molar-refractivity contribution in [3.05, 3.63) is 59.7 Å². The summed E-state index contributed by atoms with van der Waals surface area (Å²) in [6, 6.07) is 10.5. The molecule has 0 radical (unpaired) electrons. The minimum Gasteiger partial charge on any atom is -0.166 e. The molecule has 0 fully saturated rings. The van der Waals surface area contributed by atoms with Gasteiger partial charge in [0.15, 0.2) is 0 Å². The molecule has 0 aliphatic rings. The molecule has 0 aliphatic heterocycles. The lowest BCUT2D eigenvalue weighted by Crippen LogP contribution is -2.17. The van der Waals surface area contributed by atoms with E-state index in [1.807, 2.05) is 0 Å². The maximum atomic E-state index is 13.3. The zero-order valence-corrected chi connectivity index (χ0v) is 10.9. The average Bonchev–Trinajstić information content (AvgIpc) is 2.43. The van der Waals surface area contributed by atoms with Crippen LogP contribution in [0.3, 0.4) is 0 Å². The Labute approximate surface area is 121 Å². The molecule has 114 valence electrons. The van der Waals surface area contributed by atoms with E-state index in [4.69, 9.17) is 0 Å². The monoisotopic (exact) mass is 314 g/mol. The van der Waals surface area contributed by atoms with Gasteiger partial charge in [-0.15, -0.1) is 0 Å². The van der Waals surface area contributed by atoms with Crippen LogP contribution in [0, 0.1) is 0 Å². The second-order valence-electron chi connectivity index (χ2n) is 4.84. The van der Waals surface area contributed by atoms with E-state index in [9.17, 15) is 26.3 Å². The molecule has 0 unspecified atom stereocenters. The summed E-state index contributed by atoms with van der Waals surface area (Å²) in [7, 11) is 0. The van der Waals surface area contributed by atoms with Gasteiger partial charge < -0.3 is 0 Å². The van der Waals surface area contributed by atoms with Gasteiger partial charge in [-0.2, -0.15) is 26.3 Å². The van der Waals surface area contributed by atoms with Crippen molar-refractivity contribution in [3.63, 3.8) is 0 Å². The van der Waals surface area contributed by atoms with Gasteiger partial charge in [0.1, 0.15) is 0 Å². The molecule has 3 rings (SSSR count). The lowest BCUT2D eigenvalue weighted by molar-refractivity contribution is -0.160. The number of benzene rings is 3. The van der Waals surface area contributed by atoms with E-state index < -0.39 is 34.3 Å². The van der Waals surface area contributed by atoms with Crippen LogP contribution in [0.15, 0.2) is 48.5 Å². The zero-order chi connectivity index (χ0) is 16.1. The van der Waals surface area contributed by atoms with Gasteiger partial charge in [-0.3, -0.25) is 0 Å². The largest absolute Gasteiger partial charge is 0.417 e. The quantitative estimate of drug-likeness (QED) is 0.351. The predicted molar refractivity (Wildman–Crippen MR) is 71.5 cm³/mol. The van der Waals surface area contributed by atoms with E-state index in [0.29, 0.717) is 0 Å². The number of alkyl halides is 6. The predicted octanol–water partition coefficient (Wildman–Crippen LogP) is 6.03. The molecule has 0 atom stereocenters. The number of halogens is 6. The van der Waals surface area contributed by atoms with Crippen LogP contribution < -0.4 is 0 Å². The fourth-order valence-corrected chi connectivity index (χ4v) is 2.73. The summed E-state index contributed by atoms with van der Waals surface area (Å²) in [6.45, 7) is 0. The molecular weight excluding hydrogens is 306 g/mol. The van der Waals surface area contributed by atoms with Gasteiger partial charge in [0.05, 0.1) is 11.1 Å². The van der Waals surface area contributed by atoms with E-state index in [1.165, 1.54) is 36.4 Å². The second-order valence-corrected chi connectivity index (χ2v) is 4.84. The highest BCUT2D eigenvalue weighted by Crippen LogP contribution is 2.47. The molecule has 3 aromatic rings. The first-order valence-corrected chi connectivity index (χ1v) is 6.29. The maximum absolute atomic E-state index is 13.3. The minimum atomic E-state index is -5.10. The summed E-state index contributed by atoms with van der Waals surface area (Å²) in [5.74, 6) is 0. The summed E-state index contributed by atoms with van der Waals surface area (Å²) in [5, 5.41) is -0.584. The first kappa shape index (κ1) is 14.7. The van der Waals surface area contributed by atoms with Crippen molar-refractivity contribution in [2.75, 3.05) is 0 Å². The zero-order valence-electron chi connectivity index (χ0n) is 10.9. The van der Waals surface area contributed by atoms with E-state index in [0.717, 1.165) is 12.1 Å². The molecule has 0 heterocycles. The van der Waals surface area contributed by atoms with Crippen LogP contribution in [-0.2, 0) is 12.4 Å². The van der Waals surface area contributed by atoms with Crippen molar-refractivity contribution < 1.29 is 26.3 Å². The van der Waals surface area contributed by atoms with Gasteiger partial charge >= 0.3 is 12.4 Å². The fourth-order valence-electron chi connectivity index (χ4n) is 2.73. The smallest absolute Gasteiger partial charge is 0.166 e. The lowest BCUT2D eigenvalue weighted by Gasteiger charge is -2.20. The Bertz CT molecular complexity index is 785. The van der Waals surface area contributed by atoms with Crippen LogP contribution in [0.1, 0.15) is 11.1 Å². The van der Waals surface area contributed by atoms with Crippen molar-refractivity contribution in [1.29, 1.82) is 0 Å². The average molecular weight is 314 g/mol. The molecule has 0 amide bonds. The molecule has 0 spiro atoms. The molecule has 0 aromatic heterocycles. The molecule has 0 bridgehead atoms. The Balaban J connectivity index is 2.68. The van der Waals surface area contributed by atoms with E-state index in [1.54, 1.807) is 0 Å². The van der Waals surface area contributed by atoms with Gasteiger partial charge in [-0.05, 0) is 21.5 Å². The molecule has 0 saturated heterocycles. The Kier molecular flexibility index (Phi) is 3.09. The third kappa shape index (κ3) is 2.19. The molecule has 22 heavy (non-hydrogen) atoms. The van der Waals surface area contributed by atoms with Crippen LogP contribution in [-0.4, -0.2) is 0 Å². The first-order valence-electron chi connectivity index (χ1n) is 6.29. The second kappa shape index (κ2) is 4.63. The summed E-state index contributed by atoms with van der Waals surface area (Å²) >= 11 is 0. The summed E-state index contributed by atoms with van der Waals surface area (Å²) < 4.78 is 80.0. The minimum absolute atomic E-state index is 0.151. The summed E-state index contributed by atoms with van der Waals surface area (Å²) in [6.07, 6.45) is -10.2. The Morgan fingerprint density at radius 1 is 0.455 bits per heavy atom. The molecule has 0 N–H and O–H groups in total. The number of fused-ring (bicyclic) bond motifs is 3. The van der Waals surface area contributed by atoms with Crippen molar-refractivity contribution in [2.24, 2.45) is 0 Å². The molecule has 0 nitrogen and oxygen atoms in total. The third-order valence-electron chi connectivity index (χ3n) is 3.50. The topological polar surface area (TPSA) is 0 Å². The van der Waals surface area contributed by atoms with Crippen LogP contribution in [0.2, 0.25) is 0 Å². The van der Waals surface area contributed by atoms with Crippen molar-refractivity contribution in [3.8, 4) is 0 Å². The van der Waals surface area contributed by atoms with Crippen molar-refractivity contribution >= 4 is 21.5 Å². The van der Waals surface area contributed by atoms with Crippen LogP contribution >= 0.6 is 0 Å². The lowest BCUT2D eigenvalue weighted by atomic mass is 9.91.